The molecule has 0 N–H and O–H groups in total. The Morgan fingerprint density at radius 2 is 2.00 bits per heavy atom. The molecule has 0 saturated carbocycles. The quantitative estimate of drug-likeness (QED) is 0.786. The van der Waals surface area contributed by atoms with Crippen molar-refractivity contribution in [1.29, 1.82) is 0 Å². The van der Waals surface area contributed by atoms with Crippen LogP contribution in [0.4, 0.5) is 0 Å². The van der Waals surface area contributed by atoms with Gasteiger partial charge in [-0.1, -0.05) is 0 Å². The fraction of sp³-hybridized carbons (Fsp3) is 0.571. The van der Waals surface area contributed by atoms with Crippen molar-refractivity contribution in [1.82, 2.24) is 0 Å². The zero-order chi connectivity index (χ0) is 13.0. The average Bonchev–Trinajstić information content (AvgIpc) is 2.60. The Morgan fingerprint density at radius 1 is 1.28 bits per heavy atom. The van der Waals surface area contributed by atoms with E-state index in [1.165, 1.54) is 11.1 Å². The van der Waals surface area contributed by atoms with Crippen LogP contribution in [0.1, 0.15) is 30.1 Å². The third kappa shape index (κ3) is 2.73. The molecule has 1 heterocycles. The minimum absolute atomic E-state index is 0.0693. The summed E-state index contributed by atoms with van der Waals surface area (Å²) < 4.78 is 16.6. The molecule has 1 aromatic carbocycles. The zero-order valence-corrected chi connectivity index (χ0v) is 11.6. The highest BCUT2D eigenvalue weighted by atomic mass is 35.5. The van der Waals surface area contributed by atoms with E-state index >= 15 is 0 Å². The van der Waals surface area contributed by atoms with Gasteiger partial charge in [0, 0.05) is 12.5 Å². The van der Waals surface area contributed by atoms with Crippen molar-refractivity contribution in [3.8, 4) is 11.5 Å². The molecule has 0 bridgehead atoms. The number of halogens is 1. The fourth-order valence-corrected chi connectivity index (χ4v) is 2.57. The van der Waals surface area contributed by atoms with Crippen LogP contribution in [0, 0.1) is 0 Å². The van der Waals surface area contributed by atoms with Gasteiger partial charge in [0.05, 0.1) is 20.3 Å². The van der Waals surface area contributed by atoms with Gasteiger partial charge >= 0.3 is 0 Å². The number of ether oxygens (including phenoxy) is 3. The second kappa shape index (κ2) is 6.30. The van der Waals surface area contributed by atoms with Crippen molar-refractivity contribution in [3.63, 3.8) is 0 Å². The molecule has 0 aromatic heterocycles. The maximum Gasteiger partial charge on any atom is 0.161 e. The summed E-state index contributed by atoms with van der Waals surface area (Å²) in [5.74, 6) is 2.13. The monoisotopic (exact) mass is 270 g/mol. The molecule has 1 atom stereocenters. The lowest BCUT2D eigenvalue weighted by atomic mass is 9.97. The average molecular weight is 271 g/mol. The number of aryl methyl sites for hydroxylation is 1. The number of fused-ring (bicyclic) bond motifs is 1. The van der Waals surface area contributed by atoms with E-state index in [1.807, 2.05) is 6.07 Å². The highest BCUT2D eigenvalue weighted by molar-refractivity contribution is 6.17. The summed E-state index contributed by atoms with van der Waals surface area (Å²) in [4.78, 5) is 0. The standard InChI is InChI=1S/C14H19ClO3/c1-16-13-8-10-4-3-7-18-12(5-6-15)11(10)9-14(13)17-2/h8-9,12H,3-7H2,1-2H3/t12-/m0/s1. The van der Waals surface area contributed by atoms with Crippen LogP contribution in [0.15, 0.2) is 12.1 Å². The first-order chi connectivity index (χ1) is 8.80. The number of rotatable bonds is 4. The Balaban J connectivity index is 2.42. The van der Waals surface area contributed by atoms with Crippen LogP contribution < -0.4 is 9.47 Å². The van der Waals surface area contributed by atoms with Gasteiger partial charge in [0.25, 0.3) is 0 Å². The summed E-state index contributed by atoms with van der Waals surface area (Å²) in [5, 5.41) is 0. The second-order valence-corrected chi connectivity index (χ2v) is 4.72. The van der Waals surface area contributed by atoms with Gasteiger partial charge < -0.3 is 14.2 Å². The van der Waals surface area contributed by atoms with Crippen molar-refractivity contribution in [3.05, 3.63) is 23.3 Å². The topological polar surface area (TPSA) is 27.7 Å². The second-order valence-electron chi connectivity index (χ2n) is 4.35. The first-order valence-corrected chi connectivity index (χ1v) is 6.76. The molecule has 100 valence electrons. The lowest BCUT2D eigenvalue weighted by Crippen LogP contribution is -2.06. The molecule has 2 rings (SSSR count). The van der Waals surface area contributed by atoms with Gasteiger partial charge in [0.1, 0.15) is 0 Å². The molecule has 0 amide bonds. The molecular formula is C14H19ClO3. The molecule has 0 fully saturated rings. The molecule has 4 heteroatoms. The summed E-state index contributed by atoms with van der Waals surface area (Å²) in [6, 6.07) is 4.08. The molecule has 0 aliphatic carbocycles. The van der Waals surface area contributed by atoms with Crippen LogP contribution in [0.25, 0.3) is 0 Å². The smallest absolute Gasteiger partial charge is 0.161 e. The highest BCUT2D eigenvalue weighted by Crippen LogP contribution is 2.37. The molecule has 0 saturated heterocycles. The molecular weight excluding hydrogens is 252 g/mol. The molecule has 1 aliphatic heterocycles. The van der Waals surface area contributed by atoms with Crippen molar-refractivity contribution < 1.29 is 14.2 Å². The predicted molar refractivity (Wildman–Crippen MR) is 71.9 cm³/mol. The number of hydrogen-bond donors (Lipinski definition) is 0. The fourth-order valence-electron chi connectivity index (χ4n) is 2.37. The van der Waals surface area contributed by atoms with E-state index in [0.29, 0.717) is 5.88 Å². The maximum absolute atomic E-state index is 5.86. The third-order valence-electron chi connectivity index (χ3n) is 3.27. The molecule has 1 aliphatic rings. The number of benzene rings is 1. The van der Waals surface area contributed by atoms with Crippen LogP contribution in [0.5, 0.6) is 11.5 Å². The van der Waals surface area contributed by atoms with Crippen LogP contribution in [0.2, 0.25) is 0 Å². The summed E-state index contributed by atoms with van der Waals surface area (Å²) in [5.41, 5.74) is 2.46. The van der Waals surface area contributed by atoms with Gasteiger partial charge in [-0.15, -0.1) is 11.6 Å². The van der Waals surface area contributed by atoms with E-state index in [9.17, 15) is 0 Å². The first-order valence-electron chi connectivity index (χ1n) is 6.22. The maximum atomic E-state index is 5.86. The van der Waals surface area contributed by atoms with Gasteiger partial charge in [-0.05, 0) is 42.5 Å². The van der Waals surface area contributed by atoms with E-state index in [4.69, 9.17) is 25.8 Å². The van der Waals surface area contributed by atoms with Crippen molar-refractivity contribution >= 4 is 11.6 Å². The number of methoxy groups -OCH3 is 2. The highest BCUT2D eigenvalue weighted by Gasteiger charge is 2.21. The van der Waals surface area contributed by atoms with E-state index in [0.717, 1.165) is 37.4 Å². The van der Waals surface area contributed by atoms with Gasteiger partial charge in [0.15, 0.2) is 11.5 Å². The lowest BCUT2D eigenvalue weighted by molar-refractivity contribution is 0.0544. The Kier molecular flexibility index (Phi) is 4.72. The van der Waals surface area contributed by atoms with Crippen LogP contribution in [-0.4, -0.2) is 26.7 Å². The Bertz CT molecular complexity index is 406. The zero-order valence-electron chi connectivity index (χ0n) is 10.9. The minimum atomic E-state index is 0.0693. The Labute approximate surface area is 113 Å². The third-order valence-corrected chi connectivity index (χ3v) is 3.49. The van der Waals surface area contributed by atoms with Gasteiger partial charge in [-0.3, -0.25) is 0 Å². The Morgan fingerprint density at radius 3 is 2.67 bits per heavy atom. The van der Waals surface area contributed by atoms with E-state index in [-0.39, 0.29) is 6.10 Å². The minimum Gasteiger partial charge on any atom is -0.493 e. The molecule has 0 radical (unpaired) electrons. The SMILES string of the molecule is COc1cc2c(cc1OC)[C@H](CCCl)OCCC2. The van der Waals surface area contributed by atoms with Gasteiger partial charge in [-0.2, -0.15) is 0 Å². The van der Waals surface area contributed by atoms with Crippen molar-refractivity contribution in [2.45, 2.75) is 25.4 Å². The first kappa shape index (κ1) is 13.5. The van der Waals surface area contributed by atoms with E-state index < -0.39 is 0 Å². The number of hydrogen-bond acceptors (Lipinski definition) is 3. The molecule has 0 spiro atoms. The summed E-state index contributed by atoms with van der Waals surface area (Å²) >= 11 is 5.85. The predicted octanol–water partition coefficient (Wildman–Crippen LogP) is 3.34. The summed E-state index contributed by atoms with van der Waals surface area (Å²) in [6.07, 6.45) is 2.93. The van der Waals surface area contributed by atoms with Crippen LogP contribution in [0.3, 0.4) is 0 Å². The lowest BCUT2D eigenvalue weighted by Gasteiger charge is -2.19. The molecule has 3 nitrogen and oxygen atoms in total. The molecule has 0 unspecified atom stereocenters. The van der Waals surface area contributed by atoms with Gasteiger partial charge in [0.2, 0.25) is 0 Å². The van der Waals surface area contributed by atoms with Gasteiger partial charge in [-0.25, -0.2) is 0 Å². The summed E-state index contributed by atoms with van der Waals surface area (Å²) in [7, 11) is 3.31. The summed E-state index contributed by atoms with van der Waals surface area (Å²) in [6.45, 7) is 0.779. The molecule has 1 aromatic rings. The Hall–Kier alpha value is -0.930. The van der Waals surface area contributed by atoms with Crippen molar-refractivity contribution in [2.75, 3.05) is 26.7 Å². The number of alkyl halides is 1. The van der Waals surface area contributed by atoms with Crippen molar-refractivity contribution in [2.24, 2.45) is 0 Å². The van der Waals surface area contributed by atoms with E-state index in [1.54, 1.807) is 14.2 Å². The molecule has 18 heavy (non-hydrogen) atoms. The van der Waals surface area contributed by atoms with Crippen LogP contribution >= 0.6 is 11.6 Å². The normalized spacial score (nSPS) is 18.9. The van der Waals surface area contributed by atoms with Crippen LogP contribution in [-0.2, 0) is 11.2 Å². The largest absolute Gasteiger partial charge is 0.493 e. The van der Waals surface area contributed by atoms with E-state index in [2.05, 4.69) is 6.07 Å².